The number of nitrogens with one attached hydrogen (secondary N) is 1. The van der Waals surface area contributed by atoms with Crippen molar-refractivity contribution in [1.29, 1.82) is 0 Å². The average Bonchev–Trinajstić information content (AvgIpc) is 2.24. The first-order valence-electron chi connectivity index (χ1n) is 5.38. The molecule has 1 unspecified atom stereocenters. The van der Waals surface area contributed by atoms with Crippen molar-refractivity contribution >= 4 is 23.1 Å². The van der Waals surface area contributed by atoms with E-state index in [0.29, 0.717) is 12.5 Å². The van der Waals surface area contributed by atoms with Crippen molar-refractivity contribution in [2.75, 3.05) is 11.9 Å². The zero-order valence-electron chi connectivity index (χ0n) is 10.0. The van der Waals surface area contributed by atoms with Crippen LogP contribution in [0.5, 0.6) is 0 Å². The first-order chi connectivity index (χ1) is 7.95. The van der Waals surface area contributed by atoms with Crippen LogP contribution in [0, 0.1) is 23.0 Å². The van der Waals surface area contributed by atoms with Crippen LogP contribution in [0.1, 0.15) is 26.0 Å². The summed E-state index contributed by atoms with van der Waals surface area (Å²) in [6, 6.07) is 0. The Balaban J connectivity index is 3.00. The van der Waals surface area contributed by atoms with Gasteiger partial charge in [-0.15, -0.1) is 0 Å². The minimum atomic E-state index is -0.495. The van der Waals surface area contributed by atoms with Crippen LogP contribution in [0.25, 0.3) is 0 Å². The predicted octanol–water partition coefficient (Wildman–Crippen LogP) is 2.80. The van der Waals surface area contributed by atoms with E-state index in [2.05, 4.69) is 29.1 Å². The van der Waals surface area contributed by atoms with Crippen LogP contribution >= 0.6 is 11.6 Å². The molecule has 1 aromatic rings. The second kappa shape index (κ2) is 5.77. The number of anilines is 1. The van der Waals surface area contributed by atoms with Crippen LogP contribution in [-0.4, -0.2) is 21.4 Å². The van der Waals surface area contributed by atoms with Gasteiger partial charge in [-0.1, -0.05) is 20.3 Å². The molecule has 1 N–H and O–H groups in total. The quantitative estimate of drug-likeness (QED) is 0.499. The third kappa shape index (κ3) is 3.52. The molecule has 0 aliphatic heterocycles. The van der Waals surface area contributed by atoms with Gasteiger partial charge in [-0.3, -0.25) is 10.1 Å². The lowest BCUT2D eigenvalue weighted by atomic mass is 10.1. The van der Waals surface area contributed by atoms with Gasteiger partial charge in [0.1, 0.15) is 5.69 Å². The fourth-order valence-corrected chi connectivity index (χ4v) is 1.50. The Morgan fingerprint density at radius 1 is 1.53 bits per heavy atom. The first kappa shape index (κ1) is 13.6. The standard InChI is InChI=1S/C10H15ClN4O2/c1-4-6(2)5-12-9-8(15(16)17)7(3)13-10(11)14-9/h6H,4-5H2,1-3H3,(H,12,13,14). The van der Waals surface area contributed by atoms with Crippen molar-refractivity contribution in [3.05, 3.63) is 21.1 Å². The van der Waals surface area contributed by atoms with Crippen LogP contribution < -0.4 is 5.32 Å². The maximum Gasteiger partial charge on any atom is 0.332 e. The Kier molecular flexibility index (Phi) is 4.62. The number of rotatable bonds is 5. The third-order valence-electron chi connectivity index (χ3n) is 2.53. The van der Waals surface area contributed by atoms with Crippen LogP contribution in [0.3, 0.4) is 0 Å². The van der Waals surface area contributed by atoms with Gasteiger partial charge in [-0.2, -0.15) is 4.98 Å². The Morgan fingerprint density at radius 3 is 2.71 bits per heavy atom. The van der Waals surface area contributed by atoms with Gasteiger partial charge >= 0.3 is 5.69 Å². The highest BCUT2D eigenvalue weighted by molar-refractivity contribution is 6.28. The van der Waals surface area contributed by atoms with Crippen LogP contribution in [0.15, 0.2) is 0 Å². The van der Waals surface area contributed by atoms with Gasteiger partial charge in [-0.25, -0.2) is 4.98 Å². The van der Waals surface area contributed by atoms with E-state index in [-0.39, 0.29) is 22.5 Å². The van der Waals surface area contributed by atoms with Crippen molar-refractivity contribution in [1.82, 2.24) is 9.97 Å². The maximum absolute atomic E-state index is 10.9. The molecule has 7 heteroatoms. The van der Waals surface area contributed by atoms with Crippen LogP contribution in [0.4, 0.5) is 11.5 Å². The minimum Gasteiger partial charge on any atom is -0.364 e. The molecule has 1 atom stereocenters. The first-order valence-corrected chi connectivity index (χ1v) is 5.75. The summed E-state index contributed by atoms with van der Waals surface area (Å²) < 4.78 is 0. The third-order valence-corrected chi connectivity index (χ3v) is 2.70. The van der Waals surface area contributed by atoms with E-state index in [1.54, 1.807) is 6.92 Å². The highest BCUT2D eigenvalue weighted by atomic mass is 35.5. The van der Waals surface area contributed by atoms with Crippen molar-refractivity contribution in [2.24, 2.45) is 5.92 Å². The van der Waals surface area contributed by atoms with Gasteiger partial charge in [0.15, 0.2) is 0 Å². The van der Waals surface area contributed by atoms with Gasteiger partial charge in [0.05, 0.1) is 4.92 Å². The summed E-state index contributed by atoms with van der Waals surface area (Å²) in [5, 5.41) is 13.9. The number of halogens is 1. The number of nitrogens with zero attached hydrogens (tertiary/aromatic N) is 3. The summed E-state index contributed by atoms with van der Waals surface area (Å²) in [5.41, 5.74) is 0.152. The normalized spacial score (nSPS) is 12.2. The topological polar surface area (TPSA) is 81.0 Å². The predicted molar refractivity (Wildman–Crippen MR) is 66.4 cm³/mol. The molecule has 1 aromatic heterocycles. The highest BCUT2D eigenvalue weighted by Gasteiger charge is 2.21. The van der Waals surface area contributed by atoms with Crippen molar-refractivity contribution in [3.8, 4) is 0 Å². The molecule has 1 rings (SSSR count). The molecule has 0 aliphatic carbocycles. The summed E-state index contributed by atoms with van der Waals surface area (Å²) in [6.45, 7) is 6.26. The van der Waals surface area contributed by atoms with Crippen LogP contribution in [0.2, 0.25) is 5.28 Å². The molecule has 0 saturated heterocycles. The summed E-state index contributed by atoms with van der Waals surface area (Å²) in [5.74, 6) is 0.594. The highest BCUT2D eigenvalue weighted by Crippen LogP contribution is 2.26. The van der Waals surface area contributed by atoms with Gasteiger partial charge < -0.3 is 5.32 Å². The molecule has 0 fully saturated rings. The second-order valence-corrected chi connectivity index (χ2v) is 4.26. The zero-order chi connectivity index (χ0) is 13.0. The molecule has 0 aromatic carbocycles. The largest absolute Gasteiger partial charge is 0.364 e. The van der Waals surface area contributed by atoms with Gasteiger partial charge in [0.2, 0.25) is 11.1 Å². The molecule has 0 saturated carbocycles. The molecule has 0 amide bonds. The van der Waals surface area contributed by atoms with E-state index in [0.717, 1.165) is 6.42 Å². The molecule has 0 radical (unpaired) electrons. The summed E-state index contributed by atoms with van der Waals surface area (Å²) in [6.07, 6.45) is 0.985. The van der Waals surface area contributed by atoms with Crippen molar-refractivity contribution in [2.45, 2.75) is 27.2 Å². The second-order valence-electron chi connectivity index (χ2n) is 3.93. The fourth-order valence-electron chi connectivity index (χ4n) is 1.29. The maximum atomic E-state index is 10.9. The van der Waals surface area contributed by atoms with E-state index in [1.165, 1.54) is 0 Å². The number of hydrogen-bond donors (Lipinski definition) is 1. The van der Waals surface area contributed by atoms with Gasteiger partial charge in [-0.05, 0) is 24.4 Å². The summed E-state index contributed by atoms with van der Waals surface area (Å²) in [4.78, 5) is 18.1. The Labute approximate surface area is 105 Å². The van der Waals surface area contributed by atoms with E-state index in [4.69, 9.17) is 11.6 Å². The van der Waals surface area contributed by atoms with Gasteiger partial charge in [0, 0.05) is 6.54 Å². The number of hydrogen-bond acceptors (Lipinski definition) is 5. The smallest absolute Gasteiger partial charge is 0.332 e. The molecule has 17 heavy (non-hydrogen) atoms. The Bertz CT molecular complexity index is 425. The molecule has 0 aliphatic rings. The SMILES string of the molecule is CCC(C)CNc1nc(Cl)nc(C)c1[N+](=O)[O-]. The molecule has 6 nitrogen and oxygen atoms in total. The molecular weight excluding hydrogens is 244 g/mol. The fraction of sp³-hybridized carbons (Fsp3) is 0.600. The summed E-state index contributed by atoms with van der Waals surface area (Å²) >= 11 is 5.69. The molecule has 0 spiro atoms. The van der Waals surface area contributed by atoms with E-state index in [9.17, 15) is 10.1 Å². The Hall–Kier alpha value is -1.43. The van der Waals surface area contributed by atoms with Crippen molar-refractivity contribution < 1.29 is 4.92 Å². The average molecular weight is 259 g/mol. The van der Waals surface area contributed by atoms with E-state index >= 15 is 0 Å². The molecular formula is C10H15ClN4O2. The molecule has 94 valence electrons. The van der Waals surface area contributed by atoms with E-state index in [1.807, 2.05) is 0 Å². The Morgan fingerprint density at radius 2 is 2.18 bits per heavy atom. The number of aromatic nitrogens is 2. The van der Waals surface area contributed by atoms with Crippen LogP contribution in [-0.2, 0) is 0 Å². The lowest BCUT2D eigenvalue weighted by Crippen LogP contribution is -2.13. The number of aryl methyl sites for hydroxylation is 1. The van der Waals surface area contributed by atoms with Crippen molar-refractivity contribution in [3.63, 3.8) is 0 Å². The minimum absolute atomic E-state index is 0.0137. The van der Waals surface area contributed by atoms with E-state index < -0.39 is 4.92 Å². The zero-order valence-corrected chi connectivity index (χ0v) is 10.8. The lowest BCUT2D eigenvalue weighted by molar-refractivity contribution is -0.385. The molecule has 0 bridgehead atoms. The number of nitro groups is 1. The lowest BCUT2D eigenvalue weighted by Gasteiger charge is -2.11. The summed E-state index contributed by atoms with van der Waals surface area (Å²) in [7, 11) is 0. The van der Waals surface area contributed by atoms with Gasteiger partial charge in [0.25, 0.3) is 0 Å². The monoisotopic (exact) mass is 258 g/mol. The molecule has 1 heterocycles.